The summed E-state index contributed by atoms with van der Waals surface area (Å²) < 4.78 is 0. The van der Waals surface area contributed by atoms with Crippen molar-refractivity contribution in [1.29, 1.82) is 0 Å². The first-order valence-corrected chi connectivity index (χ1v) is 9.00. The van der Waals surface area contributed by atoms with E-state index in [0.717, 1.165) is 15.6 Å². The number of carbonyl (C=O) groups excluding carboxylic acids is 2. The third kappa shape index (κ3) is 3.53. The van der Waals surface area contributed by atoms with Crippen LogP contribution in [0.15, 0.2) is 29.2 Å². The zero-order valence-electron chi connectivity index (χ0n) is 12.8. The second kappa shape index (κ2) is 6.67. The number of nitrogens with zero attached hydrogens (tertiary/aromatic N) is 3. The van der Waals surface area contributed by atoms with Crippen LogP contribution in [0.3, 0.4) is 0 Å². The first-order valence-electron chi connectivity index (χ1n) is 7.20. The molecule has 0 fully saturated rings. The molecule has 2 aromatic rings. The molecule has 1 aromatic carbocycles. The van der Waals surface area contributed by atoms with Crippen LogP contribution in [0.4, 0.5) is 10.8 Å². The predicted molar refractivity (Wildman–Crippen MR) is 92.1 cm³/mol. The highest BCUT2D eigenvalue weighted by Crippen LogP contribution is 2.34. The van der Waals surface area contributed by atoms with Crippen LogP contribution in [0.25, 0.3) is 0 Å². The van der Waals surface area contributed by atoms with E-state index in [4.69, 9.17) is 0 Å². The quantitative estimate of drug-likeness (QED) is 0.919. The monoisotopic (exact) mass is 348 g/mol. The van der Waals surface area contributed by atoms with Crippen LogP contribution in [0.2, 0.25) is 0 Å². The molecular formula is C15H16N4O2S2. The molecule has 8 heteroatoms. The van der Waals surface area contributed by atoms with Crippen molar-refractivity contribution in [3.05, 3.63) is 29.3 Å². The topological polar surface area (TPSA) is 75.2 Å². The highest BCUT2D eigenvalue weighted by molar-refractivity contribution is 8.00. The summed E-state index contributed by atoms with van der Waals surface area (Å²) in [5.74, 6) is 0.279. The number of aromatic nitrogens is 2. The number of rotatable bonds is 4. The highest BCUT2D eigenvalue weighted by Gasteiger charge is 2.26. The van der Waals surface area contributed by atoms with E-state index in [-0.39, 0.29) is 24.3 Å². The third-order valence-corrected chi connectivity index (χ3v) is 5.48. The Balaban J connectivity index is 1.71. The second-order valence-corrected chi connectivity index (χ2v) is 7.41. The Morgan fingerprint density at radius 2 is 2.13 bits per heavy atom. The summed E-state index contributed by atoms with van der Waals surface area (Å²) in [6.45, 7) is 4.02. The van der Waals surface area contributed by atoms with Gasteiger partial charge in [0, 0.05) is 10.8 Å². The Kier molecular flexibility index (Phi) is 4.63. The molecule has 0 atom stereocenters. The van der Waals surface area contributed by atoms with Crippen LogP contribution in [0, 0.1) is 0 Å². The maximum absolute atomic E-state index is 12.2. The maximum Gasteiger partial charge on any atom is 0.246 e. The van der Waals surface area contributed by atoms with Crippen LogP contribution in [0.5, 0.6) is 0 Å². The number of fused-ring (bicyclic) bond motifs is 1. The molecule has 3 rings (SSSR count). The normalized spacial score (nSPS) is 14.0. The van der Waals surface area contributed by atoms with Crippen LogP contribution in [-0.2, 0) is 9.59 Å². The molecule has 2 heterocycles. The van der Waals surface area contributed by atoms with Gasteiger partial charge in [-0.15, -0.1) is 22.0 Å². The predicted octanol–water partition coefficient (Wildman–Crippen LogP) is 2.74. The molecule has 0 radical (unpaired) electrons. The molecule has 23 heavy (non-hydrogen) atoms. The second-order valence-electron chi connectivity index (χ2n) is 5.38. The number of hydrogen-bond donors (Lipinski definition) is 1. The summed E-state index contributed by atoms with van der Waals surface area (Å²) in [6, 6.07) is 7.60. The largest absolute Gasteiger partial charge is 0.301 e. The molecule has 1 N–H and O–H groups in total. The zero-order valence-corrected chi connectivity index (χ0v) is 14.4. The number of nitrogens with one attached hydrogen (secondary N) is 1. The third-order valence-electron chi connectivity index (χ3n) is 3.29. The lowest BCUT2D eigenvalue weighted by Crippen LogP contribution is -2.41. The van der Waals surface area contributed by atoms with Crippen molar-refractivity contribution in [1.82, 2.24) is 10.2 Å². The zero-order chi connectivity index (χ0) is 16.4. The SMILES string of the molecule is CC(C)c1nnc(NC(=O)CN2C(=O)CSc3ccccc32)s1. The Morgan fingerprint density at radius 3 is 2.87 bits per heavy atom. The Labute approximate surface area is 142 Å². The van der Waals surface area contributed by atoms with Gasteiger partial charge in [-0.2, -0.15) is 0 Å². The van der Waals surface area contributed by atoms with Gasteiger partial charge in [0.1, 0.15) is 11.6 Å². The van der Waals surface area contributed by atoms with Crippen LogP contribution < -0.4 is 10.2 Å². The van der Waals surface area contributed by atoms with Gasteiger partial charge in [-0.1, -0.05) is 37.3 Å². The van der Waals surface area contributed by atoms with Gasteiger partial charge in [0.15, 0.2) is 0 Å². The molecule has 2 amide bonds. The number of thioether (sulfide) groups is 1. The molecule has 1 aromatic heterocycles. The average Bonchev–Trinajstić information content (AvgIpc) is 2.99. The molecule has 0 aliphatic carbocycles. The molecule has 0 unspecified atom stereocenters. The standard InChI is InChI=1S/C15H16N4O2S2/c1-9(2)14-17-18-15(23-14)16-12(20)7-19-10-5-3-4-6-11(10)22-8-13(19)21/h3-6,9H,7-8H2,1-2H3,(H,16,18,20). The summed E-state index contributed by atoms with van der Waals surface area (Å²) in [6.07, 6.45) is 0. The minimum absolute atomic E-state index is 0.0208. The number of carbonyl (C=O) groups is 2. The summed E-state index contributed by atoms with van der Waals surface area (Å²) in [4.78, 5) is 26.9. The molecule has 1 aliphatic heterocycles. The van der Waals surface area contributed by atoms with E-state index in [1.165, 1.54) is 28.0 Å². The van der Waals surface area contributed by atoms with Gasteiger partial charge in [-0.3, -0.25) is 14.9 Å². The van der Waals surface area contributed by atoms with Crippen LogP contribution >= 0.6 is 23.1 Å². The van der Waals surface area contributed by atoms with E-state index in [9.17, 15) is 9.59 Å². The van der Waals surface area contributed by atoms with Crippen LogP contribution in [0.1, 0.15) is 24.8 Å². The van der Waals surface area contributed by atoms with Gasteiger partial charge in [-0.25, -0.2) is 0 Å². The van der Waals surface area contributed by atoms with E-state index in [2.05, 4.69) is 15.5 Å². The Hall–Kier alpha value is -1.93. The molecular weight excluding hydrogens is 332 g/mol. The average molecular weight is 348 g/mol. The summed E-state index contributed by atoms with van der Waals surface area (Å²) in [5, 5.41) is 12.1. The van der Waals surface area contributed by atoms with Crippen molar-refractivity contribution in [2.75, 3.05) is 22.5 Å². The molecule has 6 nitrogen and oxygen atoms in total. The van der Waals surface area contributed by atoms with Gasteiger partial charge in [0.2, 0.25) is 16.9 Å². The Bertz CT molecular complexity index is 745. The van der Waals surface area contributed by atoms with Gasteiger partial charge < -0.3 is 4.90 Å². The summed E-state index contributed by atoms with van der Waals surface area (Å²) in [7, 11) is 0. The maximum atomic E-state index is 12.2. The first-order chi connectivity index (χ1) is 11.0. The summed E-state index contributed by atoms with van der Waals surface area (Å²) >= 11 is 2.85. The van der Waals surface area contributed by atoms with E-state index in [1.54, 1.807) is 0 Å². The number of hydrogen-bond acceptors (Lipinski definition) is 6. The number of anilines is 2. The number of para-hydroxylation sites is 1. The van der Waals surface area contributed by atoms with Crippen molar-refractivity contribution < 1.29 is 9.59 Å². The highest BCUT2D eigenvalue weighted by atomic mass is 32.2. The molecule has 1 aliphatic rings. The summed E-state index contributed by atoms with van der Waals surface area (Å²) in [5.41, 5.74) is 0.782. The number of amides is 2. The van der Waals surface area contributed by atoms with Crippen molar-refractivity contribution in [2.24, 2.45) is 0 Å². The van der Waals surface area contributed by atoms with E-state index in [1.807, 2.05) is 38.1 Å². The van der Waals surface area contributed by atoms with Crippen molar-refractivity contribution >= 4 is 45.7 Å². The number of benzene rings is 1. The van der Waals surface area contributed by atoms with Crippen molar-refractivity contribution in [3.8, 4) is 0 Å². The molecule has 0 saturated heterocycles. The van der Waals surface area contributed by atoms with Gasteiger partial charge in [-0.05, 0) is 12.1 Å². The van der Waals surface area contributed by atoms with Gasteiger partial charge in [0.25, 0.3) is 0 Å². The van der Waals surface area contributed by atoms with Crippen molar-refractivity contribution in [3.63, 3.8) is 0 Å². The van der Waals surface area contributed by atoms with E-state index >= 15 is 0 Å². The lowest BCUT2D eigenvalue weighted by atomic mass is 10.2. The lowest BCUT2D eigenvalue weighted by molar-refractivity contribution is -0.120. The fraction of sp³-hybridized carbons (Fsp3) is 0.333. The molecule has 0 spiro atoms. The molecule has 120 valence electrons. The first kappa shape index (κ1) is 15.9. The minimum atomic E-state index is -0.272. The van der Waals surface area contributed by atoms with Gasteiger partial charge in [0.05, 0.1) is 11.4 Å². The van der Waals surface area contributed by atoms with E-state index < -0.39 is 0 Å². The van der Waals surface area contributed by atoms with Crippen LogP contribution in [-0.4, -0.2) is 34.3 Å². The molecule has 0 bridgehead atoms. The molecule has 0 saturated carbocycles. The van der Waals surface area contributed by atoms with Gasteiger partial charge >= 0.3 is 0 Å². The smallest absolute Gasteiger partial charge is 0.246 e. The lowest BCUT2D eigenvalue weighted by Gasteiger charge is -2.28. The fourth-order valence-electron chi connectivity index (χ4n) is 2.15. The fourth-order valence-corrected chi connectivity index (χ4v) is 3.85. The Morgan fingerprint density at radius 1 is 1.35 bits per heavy atom. The van der Waals surface area contributed by atoms with Crippen molar-refractivity contribution in [2.45, 2.75) is 24.7 Å². The van der Waals surface area contributed by atoms with E-state index in [0.29, 0.717) is 10.9 Å². The minimum Gasteiger partial charge on any atom is -0.301 e.